The van der Waals surface area contributed by atoms with Crippen molar-refractivity contribution < 1.29 is 9.59 Å². The van der Waals surface area contributed by atoms with E-state index < -0.39 is 5.91 Å². The second kappa shape index (κ2) is 8.72. The molecule has 0 saturated heterocycles. The highest BCUT2D eigenvalue weighted by Gasteiger charge is 2.07. The molecule has 2 aromatic heterocycles. The van der Waals surface area contributed by atoms with Crippen LogP contribution in [0.5, 0.6) is 0 Å². The van der Waals surface area contributed by atoms with Crippen LogP contribution in [-0.2, 0) is 11.3 Å². The number of nitrogens with zero attached hydrogens (tertiary/aromatic N) is 3. The zero-order valence-electron chi connectivity index (χ0n) is 15.0. The molecule has 0 aliphatic rings. The first-order chi connectivity index (χ1) is 13.5. The molecule has 0 unspecified atom stereocenters. The number of carbonyl (C=O) groups excluding carboxylic acids is 2. The van der Waals surface area contributed by atoms with Crippen LogP contribution in [0.15, 0.2) is 65.7 Å². The van der Waals surface area contributed by atoms with Crippen LogP contribution in [0.3, 0.4) is 0 Å². The van der Waals surface area contributed by atoms with Crippen LogP contribution in [0.25, 0.3) is 11.3 Å². The van der Waals surface area contributed by atoms with Gasteiger partial charge in [-0.25, -0.2) is 4.68 Å². The third kappa shape index (κ3) is 4.88. The number of hydrogen-bond acceptors (Lipinski definition) is 5. The molecule has 1 aromatic carbocycles. The fourth-order valence-corrected chi connectivity index (χ4v) is 2.62. The highest BCUT2D eigenvalue weighted by Crippen LogP contribution is 2.13. The molecule has 3 aromatic rings. The van der Waals surface area contributed by atoms with E-state index in [1.54, 1.807) is 42.7 Å². The highest BCUT2D eigenvalue weighted by atomic mass is 16.2. The van der Waals surface area contributed by atoms with Gasteiger partial charge in [0.2, 0.25) is 11.8 Å². The lowest BCUT2D eigenvalue weighted by Gasteiger charge is -2.08. The molecule has 0 spiro atoms. The van der Waals surface area contributed by atoms with E-state index in [1.165, 1.54) is 10.7 Å². The molecule has 8 nitrogen and oxygen atoms in total. The lowest BCUT2D eigenvalue weighted by Crippen LogP contribution is -2.23. The number of aromatic nitrogens is 3. The number of pyridine rings is 1. The third-order valence-corrected chi connectivity index (χ3v) is 4.07. The Morgan fingerprint density at radius 1 is 1.00 bits per heavy atom. The van der Waals surface area contributed by atoms with E-state index in [0.717, 1.165) is 5.56 Å². The fraction of sp³-hybridized carbons (Fsp3) is 0.150. The number of benzene rings is 1. The summed E-state index contributed by atoms with van der Waals surface area (Å²) in [7, 11) is 0. The van der Waals surface area contributed by atoms with Crippen LogP contribution in [0.4, 0.5) is 5.69 Å². The quantitative estimate of drug-likeness (QED) is 0.651. The Hall–Kier alpha value is -3.81. The average molecular weight is 377 g/mol. The van der Waals surface area contributed by atoms with Crippen molar-refractivity contribution in [2.75, 3.05) is 5.32 Å². The van der Waals surface area contributed by atoms with Gasteiger partial charge in [-0.1, -0.05) is 0 Å². The molecule has 3 rings (SSSR count). The first kappa shape index (κ1) is 19.0. The summed E-state index contributed by atoms with van der Waals surface area (Å²) in [5.41, 5.74) is 7.44. The Balaban J connectivity index is 1.56. The van der Waals surface area contributed by atoms with Crippen LogP contribution >= 0.6 is 0 Å². The smallest absolute Gasteiger partial charge is 0.266 e. The van der Waals surface area contributed by atoms with Gasteiger partial charge in [0.1, 0.15) is 0 Å². The standard InChI is InChI=1S/C20H19N5O3/c21-20(28)15-3-5-16(6-4-15)23-18(26)2-1-13-25-19(27)8-7-17(24-25)14-9-11-22-12-10-14/h3-12H,1-2,13H2,(H2,21,28)(H,23,26). The van der Waals surface area contributed by atoms with E-state index in [1.807, 2.05) is 12.1 Å². The molecule has 0 aliphatic carbocycles. The molecule has 0 fully saturated rings. The number of nitrogens with two attached hydrogens (primary N) is 1. The van der Waals surface area contributed by atoms with Gasteiger partial charge in [0.05, 0.1) is 5.69 Å². The van der Waals surface area contributed by atoms with E-state index in [4.69, 9.17) is 5.73 Å². The first-order valence-corrected chi connectivity index (χ1v) is 8.71. The van der Waals surface area contributed by atoms with Gasteiger partial charge in [0, 0.05) is 48.2 Å². The maximum Gasteiger partial charge on any atom is 0.266 e. The normalized spacial score (nSPS) is 10.4. The van der Waals surface area contributed by atoms with E-state index in [-0.39, 0.29) is 17.9 Å². The number of primary amides is 1. The molecular formula is C20H19N5O3. The molecule has 0 aliphatic heterocycles. The van der Waals surface area contributed by atoms with Crippen molar-refractivity contribution in [1.82, 2.24) is 14.8 Å². The second-order valence-corrected chi connectivity index (χ2v) is 6.11. The Morgan fingerprint density at radius 3 is 2.39 bits per heavy atom. The predicted molar refractivity (Wildman–Crippen MR) is 105 cm³/mol. The van der Waals surface area contributed by atoms with E-state index in [0.29, 0.717) is 29.9 Å². The summed E-state index contributed by atoms with van der Waals surface area (Å²) < 4.78 is 1.35. The summed E-state index contributed by atoms with van der Waals surface area (Å²) in [5, 5.41) is 7.09. The number of nitrogens with one attached hydrogen (secondary N) is 1. The number of carbonyl (C=O) groups is 2. The minimum Gasteiger partial charge on any atom is -0.366 e. The average Bonchev–Trinajstić information content (AvgIpc) is 2.70. The maximum atomic E-state index is 12.1. The van der Waals surface area contributed by atoms with Gasteiger partial charge in [-0.2, -0.15) is 5.10 Å². The van der Waals surface area contributed by atoms with Crippen molar-refractivity contribution in [1.29, 1.82) is 0 Å². The highest BCUT2D eigenvalue weighted by molar-refractivity contribution is 5.94. The summed E-state index contributed by atoms with van der Waals surface area (Å²) in [4.78, 5) is 39.1. The second-order valence-electron chi connectivity index (χ2n) is 6.11. The van der Waals surface area contributed by atoms with Gasteiger partial charge in [-0.05, 0) is 48.9 Å². The minimum absolute atomic E-state index is 0.190. The molecule has 8 heteroatoms. The summed E-state index contributed by atoms with van der Waals surface area (Å²) in [6, 6.07) is 13.1. The zero-order valence-corrected chi connectivity index (χ0v) is 15.0. The van der Waals surface area contributed by atoms with Gasteiger partial charge in [-0.3, -0.25) is 19.4 Å². The van der Waals surface area contributed by atoms with Crippen molar-refractivity contribution in [2.45, 2.75) is 19.4 Å². The molecule has 0 saturated carbocycles. The summed E-state index contributed by atoms with van der Waals surface area (Å²) in [6.45, 7) is 0.325. The van der Waals surface area contributed by atoms with Crippen molar-refractivity contribution in [3.05, 3.63) is 76.8 Å². The molecule has 142 valence electrons. The van der Waals surface area contributed by atoms with E-state index in [2.05, 4.69) is 15.4 Å². The number of amides is 2. The Kier molecular flexibility index (Phi) is 5.91. The molecule has 2 amide bonds. The van der Waals surface area contributed by atoms with Gasteiger partial charge >= 0.3 is 0 Å². The van der Waals surface area contributed by atoms with Crippen LogP contribution in [-0.4, -0.2) is 26.6 Å². The van der Waals surface area contributed by atoms with Crippen molar-refractivity contribution in [2.24, 2.45) is 5.73 Å². The molecule has 28 heavy (non-hydrogen) atoms. The van der Waals surface area contributed by atoms with Gasteiger partial charge in [0.15, 0.2) is 0 Å². The van der Waals surface area contributed by atoms with Crippen molar-refractivity contribution >= 4 is 17.5 Å². The molecular weight excluding hydrogens is 358 g/mol. The molecule has 0 bridgehead atoms. The van der Waals surface area contributed by atoms with E-state index in [9.17, 15) is 14.4 Å². The Morgan fingerprint density at radius 2 is 1.71 bits per heavy atom. The topological polar surface area (TPSA) is 120 Å². The molecule has 3 N–H and O–H groups in total. The van der Waals surface area contributed by atoms with E-state index >= 15 is 0 Å². The lowest BCUT2D eigenvalue weighted by molar-refractivity contribution is -0.116. The molecule has 2 heterocycles. The number of hydrogen-bond donors (Lipinski definition) is 2. The van der Waals surface area contributed by atoms with Gasteiger partial charge in [-0.15, -0.1) is 0 Å². The summed E-state index contributed by atoms with van der Waals surface area (Å²) >= 11 is 0. The number of aryl methyl sites for hydroxylation is 1. The molecule has 0 radical (unpaired) electrons. The van der Waals surface area contributed by atoms with Gasteiger partial charge in [0.25, 0.3) is 5.56 Å². The van der Waals surface area contributed by atoms with Crippen molar-refractivity contribution in [3.8, 4) is 11.3 Å². The Bertz CT molecular complexity index is 1030. The third-order valence-electron chi connectivity index (χ3n) is 4.07. The van der Waals surface area contributed by atoms with Gasteiger partial charge < -0.3 is 11.1 Å². The molecule has 0 atom stereocenters. The lowest BCUT2D eigenvalue weighted by atomic mass is 10.2. The minimum atomic E-state index is -0.523. The summed E-state index contributed by atoms with van der Waals surface area (Å²) in [5.74, 6) is -0.713. The van der Waals surface area contributed by atoms with Crippen LogP contribution < -0.4 is 16.6 Å². The Labute approximate surface area is 161 Å². The fourth-order valence-electron chi connectivity index (χ4n) is 2.62. The maximum absolute atomic E-state index is 12.1. The van der Waals surface area contributed by atoms with Crippen LogP contribution in [0.1, 0.15) is 23.2 Å². The summed E-state index contributed by atoms with van der Waals surface area (Å²) in [6.07, 6.45) is 4.00. The zero-order chi connectivity index (χ0) is 19.9. The predicted octanol–water partition coefficient (Wildman–Crippen LogP) is 1.82. The SMILES string of the molecule is NC(=O)c1ccc(NC(=O)CCCn2nc(-c3ccncc3)ccc2=O)cc1. The van der Waals surface area contributed by atoms with Crippen LogP contribution in [0.2, 0.25) is 0 Å². The number of anilines is 1. The largest absolute Gasteiger partial charge is 0.366 e. The number of rotatable bonds is 7. The first-order valence-electron chi connectivity index (χ1n) is 8.71. The van der Waals surface area contributed by atoms with Crippen LogP contribution in [0, 0.1) is 0 Å². The van der Waals surface area contributed by atoms with Crippen molar-refractivity contribution in [3.63, 3.8) is 0 Å². The monoisotopic (exact) mass is 377 g/mol.